The second-order valence-corrected chi connectivity index (χ2v) is 31.5. The van der Waals surface area contributed by atoms with E-state index in [-0.39, 0.29) is 0 Å². The van der Waals surface area contributed by atoms with Crippen LogP contribution in [0.25, 0.3) is 32.7 Å². The van der Waals surface area contributed by atoms with Crippen LogP contribution in [0.1, 0.15) is 11.1 Å². The molecule has 8 aromatic carbocycles. The molecule has 0 aromatic heterocycles. The Morgan fingerprint density at radius 2 is 0.607 bits per heavy atom. The van der Waals surface area contributed by atoms with Gasteiger partial charge in [-0.05, 0) is 80.9 Å². The van der Waals surface area contributed by atoms with E-state index in [4.69, 9.17) is 0 Å². The first kappa shape index (κ1) is 38.4. The Bertz CT molecular complexity index is 2330. The highest BCUT2D eigenvalue weighted by molar-refractivity contribution is 7.72. The van der Waals surface area contributed by atoms with Crippen LogP contribution in [0, 0.1) is 0 Å². The Morgan fingerprint density at radius 1 is 0.339 bits per heavy atom. The normalized spacial score (nSPS) is 12.2. The van der Waals surface area contributed by atoms with Gasteiger partial charge in [0.2, 0.25) is 0 Å². The molecule has 0 fully saturated rings. The summed E-state index contributed by atoms with van der Waals surface area (Å²) in [6, 6.07) is 69.2. The summed E-state index contributed by atoms with van der Waals surface area (Å²) in [7, 11) is -5.13. The van der Waals surface area contributed by atoms with E-state index in [1.54, 1.807) is 21.5 Å². The van der Waals surface area contributed by atoms with Crippen molar-refractivity contribution in [2.75, 3.05) is 0 Å². The predicted octanol–water partition coefficient (Wildman–Crippen LogP) is 12.0. The van der Waals surface area contributed by atoms with Crippen LogP contribution in [0.4, 0.5) is 0 Å². The van der Waals surface area contributed by atoms with Crippen molar-refractivity contribution in [1.82, 2.24) is 0 Å². The summed E-state index contributed by atoms with van der Waals surface area (Å²) >= 11 is 0. The molecule has 8 rings (SSSR count). The average molecular weight is 795 g/mol. The first-order valence-electron chi connectivity index (χ1n) is 19.9. The summed E-state index contributed by atoms with van der Waals surface area (Å²) in [6.45, 7) is 15.3. The maximum Gasteiger partial charge on any atom is 0.0780 e. The van der Waals surface area contributed by atoms with Gasteiger partial charge in [0.15, 0.2) is 0 Å². The van der Waals surface area contributed by atoms with E-state index >= 15 is 0 Å². The molecule has 0 aliphatic carbocycles. The average Bonchev–Trinajstić information content (AvgIpc) is 3.22. The fourth-order valence-electron chi connectivity index (χ4n) is 8.43. The van der Waals surface area contributed by atoms with Crippen molar-refractivity contribution in [2.45, 2.75) is 51.6 Å². The zero-order valence-electron chi connectivity index (χ0n) is 33.6. The lowest BCUT2D eigenvalue weighted by molar-refractivity contribution is 1.39. The molecule has 0 saturated heterocycles. The van der Waals surface area contributed by atoms with E-state index in [9.17, 15) is 0 Å². The zero-order valence-corrected chi connectivity index (χ0v) is 37.4. The first-order valence-corrected chi connectivity index (χ1v) is 30.0. The molecular weight excluding hydrogens is 743 g/mol. The molecule has 0 aliphatic rings. The quantitative estimate of drug-likeness (QED) is 0.0904. The van der Waals surface area contributed by atoms with Gasteiger partial charge in [0.25, 0.3) is 0 Å². The van der Waals surface area contributed by atoms with Gasteiger partial charge in [-0.25, -0.2) is 0 Å². The standard InChI is InChI=1S/C52H52P2Si2/c1-55(2,3)49-35-39-23-19-21-33-45(39)51(47(49)37-53(41-25-11-7-12-26-41)42-27-13-8-14-28-42)52-46-34-22-20-24-40(46)36-50(56(4,5)6)48(52)38-54(43-29-15-9-16-30-43)44-31-17-10-18-32-44/h7-36H,37-38H2,1-6H3. The summed E-state index contributed by atoms with van der Waals surface area (Å²) in [4.78, 5) is 0. The van der Waals surface area contributed by atoms with E-state index in [1.165, 1.54) is 53.9 Å². The number of hydrogen-bond donors (Lipinski definition) is 0. The molecule has 278 valence electrons. The van der Waals surface area contributed by atoms with Crippen LogP contribution >= 0.6 is 15.8 Å². The third-order valence-electron chi connectivity index (χ3n) is 11.1. The Labute approximate surface area is 339 Å². The van der Waals surface area contributed by atoms with Crippen LogP contribution in [0.5, 0.6) is 0 Å². The van der Waals surface area contributed by atoms with Gasteiger partial charge >= 0.3 is 0 Å². The van der Waals surface area contributed by atoms with E-state index < -0.39 is 32.0 Å². The second kappa shape index (κ2) is 16.2. The van der Waals surface area contributed by atoms with Crippen molar-refractivity contribution in [3.63, 3.8) is 0 Å². The van der Waals surface area contributed by atoms with Gasteiger partial charge in [-0.2, -0.15) is 0 Å². The molecule has 0 amide bonds. The van der Waals surface area contributed by atoms with E-state index in [1.807, 2.05) is 0 Å². The smallest absolute Gasteiger partial charge is 0.0656 e. The molecule has 0 N–H and O–H groups in total. The molecule has 0 saturated carbocycles. The van der Waals surface area contributed by atoms with E-state index in [0.717, 1.165) is 12.3 Å². The van der Waals surface area contributed by atoms with Gasteiger partial charge in [0, 0.05) is 12.3 Å². The van der Waals surface area contributed by atoms with Gasteiger partial charge in [0.1, 0.15) is 0 Å². The molecule has 0 aliphatic heterocycles. The van der Waals surface area contributed by atoms with Gasteiger partial charge in [-0.3, -0.25) is 0 Å². The number of hydrogen-bond acceptors (Lipinski definition) is 0. The first-order chi connectivity index (χ1) is 27.1. The van der Waals surface area contributed by atoms with Crippen LogP contribution in [0.15, 0.2) is 182 Å². The monoisotopic (exact) mass is 794 g/mol. The summed E-state index contributed by atoms with van der Waals surface area (Å²) in [5, 5.41) is 14.4. The largest absolute Gasteiger partial charge is 0.0780 e. The minimum atomic E-state index is -1.88. The van der Waals surface area contributed by atoms with Crippen molar-refractivity contribution in [3.8, 4) is 11.1 Å². The third-order valence-corrected chi connectivity index (χ3v) is 20.2. The maximum atomic E-state index is 2.59. The number of fused-ring (bicyclic) bond motifs is 2. The van der Waals surface area contributed by atoms with Crippen molar-refractivity contribution >= 4 is 85.1 Å². The molecule has 8 aromatic rings. The van der Waals surface area contributed by atoms with Crippen LogP contribution in [-0.2, 0) is 12.3 Å². The molecule has 0 radical (unpaired) electrons. The fraction of sp³-hybridized carbons (Fsp3) is 0.154. The third kappa shape index (κ3) is 7.91. The van der Waals surface area contributed by atoms with Crippen molar-refractivity contribution in [1.29, 1.82) is 0 Å². The highest BCUT2D eigenvalue weighted by atomic mass is 31.1. The minimum absolute atomic E-state index is 0.690. The molecular formula is C52H52P2Si2. The Morgan fingerprint density at radius 3 is 0.893 bits per heavy atom. The van der Waals surface area contributed by atoms with Crippen molar-refractivity contribution in [3.05, 3.63) is 193 Å². The molecule has 56 heavy (non-hydrogen) atoms. The topological polar surface area (TPSA) is 0 Å². The van der Waals surface area contributed by atoms with Crippen LogP contribution in [0.3, 0.4) is 0 Å². The van der Waals surface area contributed by atoms with Crippen molar-refractivity contribution in [2.24, 2.45) is 0 Å². The lowest BCUT2D eigenvalue weighted by Crippen LogP contribution is -2.42. The van der Waals surface area contributed by atoms with Crippen LogP contribution in [0.2, 0.25) is 39.3 Å². The number of rotatable bonds is 11. The Hall–Kier alpha value is -4.43. The highest BCUT2D eigenvalue weighted by Crippen LogP contribution is 2.48. The summed E-state index contributed by atoms with van der Waals surface area (Å²) in [5.41, 5.74) is 6.07. The van der Waals surface area contributed by atoms with E-state index in [2.05, 4.69) is 221 Å². The molecule has 0 heterocycles. The van der Waals surface area contributed by atoms with Crippen molar-refractivity contribution < 1.29 is 0 Å². The summed E-state index contributed by atoms with van der Waals surface area (Å²) in [6.07, 6.45) is 2.00. The fourth-order valence-corrected chi connectivity index (χ4v) is 16.9. The molecule has 0 nitrogen and oxygen atoms in total. The zero-order chi connectivity index (χ0) is 38.9. The summed E-state index contributed by atoms with van der Waals surface area (Å²) in [5.74, 6) is 0. The Kier molecular flexibility index (Phi) is 11.1. The number of benzene rings is 8. The van der Waals surface area contributed by atoms with Crippen LogP contribution in [-0.4, -0.2) is 16.1 Å². The molecule has 4 heteroatoms. The molecule has 0 bridgehead atoms. The van der Waals surface area contributed by atoms with Gasteiger partial charge < -0.3 is 0 Å². The minimum Gasteiger partial charge on any atom is -0.0656 e. The maximum absolute atomic E-state index is 2.59. The molecule has 0 atom stereocenters. The lowest BCUT2D eigenvalue weighted by atomic mass is 9.87. The Balaban J connectivity index is 1.52. The highest BCUT2D eigenvalue weighted by Gasteiger charge is 2.32. The van der Waals surface area contributed by atoms with Gasteiger partial charge in [-0.15, -0.1) is 0 Å². The lowest BCUT2D eigenvalue weighted by Gasteiger charge is -2.32. The molecule has 0 spiro atoms. The second-order valence-electron chi connectivity index (χ2n) is 17.0. The van der Waals surface area contributed by atoms with Crippen LogP contribution < -0.4 is 31.6 Å². The molecule has 0 unspecified atom stereocenters. The predicted molar refractivity (Wildman–Crippen MR) is 258 cm³/mol. The SMILES string of the molecule is C[Si](C)(C)c1cc2ccccc2c(-c2c(CP(c3ccccc3)c3ccccc3)c([Si](C)(C)C)cc3ccccc23)c1CP(c1ccccc1)c1ccccc1. The van der Waals surface area contributed by atoms with E-state index in [0.29, 0.717) is 0 Å². The summed E-state index contributed by atoms with van der Waals surface area (Å²) < 4.78 is 0. The van der Waals surface area contributed by atoms with Gasteiger partial charge in [0.05, 0.1) is 16.1 Å². The van der Waals surface area contributed by atoms with Gasteiger partial charge in [-0.1, -0.05) is 232 Å².